The summed E-state index contributed by atoms with van der Waals surface area (Å²) in [6.07, 6.45) is 4.40. The summed E-state index contributed by atoms with van der Waals surface area (Å²) in [6, 6.07) is 6.86. The van der Waals surface area contributed by atoms with Crippen LogP contribution in [0.5, 0.6) is 0 Å². The third kappa shape index (κ3) is 3.40. The Kier molecular flexibility index (Phi) is 4.22. The molecule has 0 amide bonds. The highest BCUT2D eigenvalue weighted by Gasteiger charge is 2.53. The van der Waals surface area contributed by atoms with Crippen LogP contribution in [0, 0.1) is 11.7 Å². The van der Waals surface area contributed by atoms with E-state index < -0.39 is 5.54 Å². The summed E-state index contributed by atoms with van der Waals surface area (Å²) >= 11 is 1.59. The lowest BCUT2D eigenvalue weighted by Gasteiger charge is -2.32. The third-order valence-electron chi connectivity index (χ3n) is 4.14. The van der Waals surface area contributed by atoms with E-state index in [1.165, 1.54) is 19.2 Å². The first kappa shape index (κ1) is 14.9. The Morgan fingerprint density at radius 1 is 1.33 bits per heavy atom. The molecular formula is C16H20FNO2S. The van der Waals surface area contributed by atoms with Crippen molar-refractivity contribution in [2.75, 3.05) is 12.9 Å². The number of carbonyl (C=O) groups is 1. The van der Waals surface area contributed by atoms with Crippen LogP contribution in [0.3, 0.4) is 0 Å². The predicted molar refractivity (Wildman–Crippen MR) is 80.8 cm³/mol. The Morgan fingerprint density at radius 3 is 2.52 bits per heavy atom. The summed E-state index contributed by atoms with van der Waals surface area (Å²) in [5.41, 5.74) is -0.588. The second-order valence-electron chi connectivity index (χ2n) is 5.90. The summed E-state index contributed by atoms with van der Waals surface area (Å²) in [7, 11) is 1.45. The van der Waals surface area contributed by atoms with E-state index in [1.807, 2.05) is 0 Å². The molecule has 2 aliphatic rings. The lowest BCUT2D eigenvalue weighted by molar-refractivity contribution is -0.148. The van der Waals surface area contributed by atoms with Gasteiger partial charge in [-0.2, -0.15) is 0 Å². The van der Waals surface area contributed by atoms with Gasteiger partial charge in [-0.15, -0.1) is 11.8 Å². The molecule has 0 aliphatic heterocycles. The highest BCUT2D eigenvalue weighted by atomic mass is 32.2. The van der Waals surface area contributed by atoms with Crippen LogP contribution < -0.4 is 5.32 Å². The molecule has 21 heavy (non-hydrogen) atoms. The smallest absolute Gasteiger partial charge is 0.327 e. The van der Waals surface area contributed by atoms with Crippen LogP contribution in [-0.4, -0.2) is 30.4 Å². The van der Waals surface area contributed by atoms with Gasteiger partial charge in [-0.1, -0.05) is 0 Å². The molecule has 2 aliphatic carbocycles. The fourth-order valence-electron chi connectivity index (χ4n) is 2.64. The lowest BCUT2D eigenvalue weighted by Crippen LogP contribution is -2.57. The minimum absolute atomic E-state index is 0.161. The van der Waals surface area contributed by atoms with Crippen LogP contribution in [0.25, 0.3) is 0 Å². The number of halogens is 1. The number of esters is 1. The molecule has 0 radical (unpaired) electrons. The monoisotopic (exact) mass is 309 g/mol. The minimum atomic E-state index is -0.588. The summed E-state index contributed by atoms with van der Waals surface area (Å²) in [6.45, 7) is 0. The maximum Gasteiger partial charge on any atom is 0.327 e. The lowest BCUT2D eigenvalue weighted by atomic mass is 9.95. The summed E-state index contributed by atoms with van der Waals surface area (Å²) in [5.74, 6) is 0.592. The van der Waals surface area contributed by atoms with E-state index in [0.717, 1.165) is 30.6 Å². The maximum absolute atomic E-state index is 13.0. The molecule has 2 saturated carbocycles. The topological polar surface area (TPSA) is 38.3 Å². The van der Waals surface area contributed by atoms with E-state index in [4.69, 9.17) is 4.74 Å². The highest BCUT2D eigenvalue weighted by Crippen LogP contribution is 2.44. The van der Waals surface area contributed by atoms with Crippen molar-refractivity contribution in [1.82, 2.24) is 5.32 Å². The van der Waals surface area contributed by atoms with Crippen LogP contribution >= 0.6 is 11.8 Å². The van der Waals surface area contributed by atoms with Gasteiger partial charge in [0, 0.05) is 16.7 Å². The zero-order chi connectivity index (χ0) is 14.9. The van der Waals surface area contributed by atoms with Gasteiger partial charge in [0.1, 0.15) is 11.4 Å². The van der Waals surface area contributed by atoms with Gasteiger partial charge in [-0.3, -0.25) is 10.1 Å². The number of hydrogen-bond acceptors (Lipinski definition) is 4. The van der Waals surface area contributed by atoms with Gasteiger partial charge >= 0.3 is 5.97 Å². The van der Waals surface area contributed by atoms with Gasteiger partial charge in [0.15, 0.2) is 0 Å². The summed E-state index contributed by atoms with van der Waals surface area (Å²) in [4.78, 5) is 13.4. The van der Waals surface area contributed by atoms with Gasteiger partial charge in [0.05, 0.1) is 7.11 Å². The van der Waals surface area contributed by atoms with Gasteiger partial charge in [-0.25, -0.2) is 4.39 Å². The highest BCUT2D eigenvalue weighted by molar-refractivity contribution is 7.99. The van der Waals surface area contributed by atoms with Crippen molar-refractivity contribution >= 4 is 17.7 Å². The molecule has 0 aromatic heterocycles. The molecular weight excluding hydrogens is 289 g/mol. The van der Waals surface area contributed by atoms with Crippen molar-refractivity contribution in [3.8, 4) is 0 Å². The fraction of sp³-hybridized carbons (Fsp3) is 0.562. The molecule has 0 spiro atoms. The second-order valence-corrected chi connectivity index (χ2v) is 6.95. The molecule has 2 fully saturated rings. The van der Waals surface area contributed by atoms with Gasteiger partial charge < -0.3 is 4.74 Å². The van der Waals surface area contributed by atoms with Gasteiger partial charge in [0.2, 0.25) is 0 Å². The summed E-state index contributed by atoms with van der Waals surface area (Å²) in [5, 5.41) is 3.53. The van der Waals surface area contributed by atoms with E-state index >= 15 is 0 Å². The largest absolute Gasteiger partial charge is 0.468 e. The predicted octanol–water partition coefficient (Wildman–Crippen LogP) is 2.99. The van der Waals surface area contributed by atoms with Gasteiger partial charge in [0.25, 0.3) is 0 Å². The Morgan fingerprint density at radius 2 is 2.00 bits per heavy atom. The molecule has 1 N–H and O–H groups in total. The zero-order valence-electron chi connectivity index (χ0n) is 12.1. The van der Waals surface area contributed by atoms with Crippen LogP contribution in [0.15, 0.2) is 29.2 Å². The molecule has 3 rings (SSSR count). The summed E-state index contributed by atoms with van der Waals surface area (Å²) < 4.78 is 18.0. The van der Waals surface area contributed by atoms with Crippen LogP contribution in [0.1, 0.15) is 25.7 Å². The maximum atomic E-state index is 13.0. The van der Waals surface area contributed by atoms with E-state index in [9.17, 15) is 9.18 Å². The third-order valence-corrected chi connectivity index (χ3v) is 5.35. The molecule has 1 atom stereocenters. The Balaban J connectivity index is 1.74. The SMILES string of the molecule is COC(=O)C(CSc1ccc(F)cc1)(NC1CC1)C1CC1. The van der Waals surface area contributed by atoms with Crippen molar-refractivity contribution in [1.29, 1.82) is 0 Å². The van der Waals surface area contributed by atoms with E-state index in [-0.39, 0.29) is 11.8 Å². The van der Waals surface area contributed by atoms with Gasteiger partial charge in [-0.05, 0) is 55.9 Å². The number of benzene rings is 1. The minimum Gasteiger partial charge on any atom is -0.468 e. The Labute approximate surface area is 128 Å². The number of nitrogens with one attached hydrogen (secondary N) is 1. The molecule has 1 aromatic rings. The second kappa shape index (κ2) is 5.97. The first-order chi connectivity index (χ1) is 10.1. The molecule has 114 valence electrons. The zero-order valence-corrected chi connectivity index (χ0v) is 12.9. The number of ether oxygens (including phenoxy) is 1. The molecule has 0 heterocycles. The van der Waals surface area contributed by atoms with E-state index in [0.29, 0.717) is 17.7 Å². The normalized spacial score (nSPS) is 20.9. The molecule has 0 bridgehead atoms. The molecule has 5 heteroatoms. The number of rotatable bonds is 7. The van der Waals surface area contributed by atoms with E-state index in [1.54, 1.807) is 23.9 Å². The van der Waals surface area contributed by atoms with Crippen molar-refractivity contribution in [3.05, 3.63) is 30.1 Å². The number of methoxy groups -OCH3 is 1. The Bertz CT molecular complexity index is 514. The number of thioether (sulfide) groups is 1. The van der Waals surface area contributed by atoms with Crippen molar-refractivity contribution in [2.45, 2.75) is 42.2 Å². The molecule has 1 unspecified atom stereocenters. The van der Waals surface area contributed by atoms with Crippen molar-refractivity contribution in [2.24, 2.45) is 5.92 Å². The number of carbonyl (C=O) groups excluding carboxylic acids is 1. The van der Waals surface area contributed by atoms with Crippen LogP contribution in [0.4, 0.5) is 4.39 Å². The van der Waals surface area contributed by atoms with Crippen molar-refractivity contribution in [3.63, 3.8) is 0 Å². The molecule has 3 nitrogen and oxygen atoms in total. The van der Waals surface area contributed by atoms with Crippen molar-refractivity contribution < 1.29 is 13.9 Å². The average molecular weight is 309 g/mol. The quantitative estimate of drug-likeness (QED) is 0.621. The Hall–Kier alpha value is -1.07. The van der Waals surface area contributed by atoms with Crippen LogP contribution in [-0.2, 0) is 9.53 Å². The standard InChI is InChI=1S/C16H20FNO2S/c1-20-15(19)16(11-2-3-11,18-13-6-7-13)10-21-14-8-4-12(17)5-9-14/h4-5,8-9,11,13,18H,2-3,6-7,10H2,1H3. The first-order valence-corrected chi connectivity index (χ1v) is 8.37. The first-order valence-electron chi connectivity index (χ1n) is 7.38. The molecule has 0 saturated heterocycles. The van der Waals surface area contributed by atoms with Crippen LogP contribution in [0.2, 0.25) is 0 Å². The fourth-order valence-corrected chi connectivity index (χ4v) is 3.80. The van der Waals surface area contributed by atoms with E-state index in [2.05, 4.69) is 5.32 Å². The molecule has 1 aromatic carbocycles. The number of hydrogen-bond donors (Lipinski definition) is 1. The average Bonchev–Trinajstić information content (AvgIpc) is 3.37.